The number of benzene rings is 1. The summed E-state index contributed by atoms with van der Waals surface area (Å²) in [5.74, 6) is -2.15. The van der Waals surface area contributed by atoms with E-state index in [0.717, 1.165) is 0 Å². The SMILES string of the molecule is CC1(C)C(C(=O)O)C1C(=O)Oc1ccccc1. The molecule has 0 amide bonds. The van der Waals surface area contributed by atoms with Gasteiger partial charge in [0.05, 0.1) is 11.8 Å². The first-order valence-electron chi connectivity index (χ1n) is 5.44. The second-order valence-electron chi connectivity index (χ2n) is 4.85. The summed E-state index contributed by atoms with van der Waals surface area (Å²) in [6, 6.07) is 8.68. The van der Waals surface area contributed by atoms with E-state index >= 15 is 0 Å². The molecule has 0 saturated heterocycles. The summed E-state index contributed by atoms with van der Waals surface area (Å²) in [5.41, 5.74) is -0.516. The van der Waals surface area contributed by atoms with Crippen LogP contribution in [0.25, 0.3) is 0 Å². The Morgan fingerprint density at radius 3 is 2.24 bits per heavy atom. The van der Waals surface area contributed by atoms with Crippen molar-refractivity contribution in [2.45, 2.75) is 13.8 Å². The zero-order valence-corrected chi connectivity index (χ0v) is 9.71. The number of carboxylic acids is 1. The molecule has 17 heavy (non-hydrogen) atoms. The van der Waals surface area contributed by atoms with Gasteiger partial charge in [0, 0.05) is 0 Å². The van der Waals surface area contributed by atoms with E-state index in [4.69, 9.17) is 9.84 Å². The van der Waals surface area contributed by atoms with E-state index in [1.807, 2.05) is 6.07 Å². The molecule has 2 unspecified atom stereocenters. The van der Waals surface area contributed by atoms with Crippen LogP contribution in [0.1, 0.15) is 13.8 Å². The predicted molar refractivity (Wildman–Crippen MR) is 60.5 cm³/mol. The van der Waals surface area contributed by atoms with Gasteiger partial charge in [0.25, 0.3) is 0 Å². The molecule has 0 heterocycles. The zero-order valence-electron chi connectivity index (χ0n) is 9.71. The topological polar surface area (TPSA) is 63.6 Å². The van der Waals surface area contributed by atoms with E-state index in [1.165, 1.54) is 0 Å². The second kappa shape index (κ2) is 3.87. The molecule has 0 radical (unpaired) electrons. The number of rotatable bonds is 3. The maximum absolute atomic E-state index is 11.8. The third kappa shape index (κ3) is 2.02. The molecule has 0 aromatic heterocycles. The minimum atomic E-state index is -0.940. The maximum atomic E-state index is 11.8. The van der Waals surface area contributed by atoms with E-state index < -0.39 is 29.2 Å². The number of carbonyl (C=O) groups is 2. The van der Waals surface area contributed by atoms with Crippen LogP contribution in [-0.2, 0) is 9.59 Å². The third-order valence-corrected chi connectivity index (χ3v) is 3.31. The monoisotopic (exact) mass is 234 g/mol. The average Bonchev–Trinajstić information content (AvgIpc) is 2.83. The Balaban J connectivity index is 2.06. The van der Waals surface area contributed by atoms with Gasteiger partial charge in [-0.25, -0.2) is 0 Å². The lowest BCUT2D eigenvalue weighted by molar-refractivity contribution is -0.143. The molecule has 1 saturated carbocycles. The molecular weight excluding hydrogens is 220 g/mol. The highest BCUT2D eigenvalue weighted by atomic mass is 16.5. The fourth-order valence-corrected chi connectivity index (χ4v) is 2.21. The van der Waals surface area contributed by atoms with Gasteiger partial charge in [-0.2, -0.15) is 0 Å². The number of esters is 1. The van der Waals surface area contributed by atoms with Crippen LogP contribution in [0.4, 0.5) is 0 Å². The van der Waals surface area contributed by atoms with E-state index in [9.17, 15) is 9.59 Å². The van der Waals surface area contributed by atoms with Crippen molar-refractivity contribution in [2.75, 3.05) is 0 Å². The first kappa shape index (κ1) is 11.6. The van der Waals surface area contributed by atoms with Crippen LogP contribution in [-0.4, -0.2) is 17.0 Å². The molecule has 4 nitrogen and oxygen atoms in total. The van der Waals surface area contributed by atoms with Crippen LogP contribution < -0.4 is 4.74 Å². The van der Waals surface area contributed by atoms with E-state index in [-0.39, 0.29) is 0 Å². The van der Waals surface area contributed by atoms with Crippen molar-refractivity contribution >= 4 is 11.9 Å². The summed E-state index contributed by atoms with van der Waals surface area (Å²) < 4.78 is 5.15. The number of hydrogen-bond acceptors (Lipinski definition) is 3. The van der Waals surface area contributed by atoms with Gasteiger partial charge in [-0.15, -0.1) is 0 Å². The number of para-hydroxylation sites is 1. The molecule has 1 aromatic carbocycles. The summed E-state index contributed by atoms with van der Waals surface area (Å²) >= 11 is 0. The summed E-state index contributed by atoms with van der Waals surface area (Å²) in [6.07, 6.45) is 0. The maximum Gasteiger partial charge on any atom is 0.315 e. The third-order valence-electron chi connectivity index (χ3n) is 3.31. The molecule has 1 N–H and O–H groups in total. The highest BCUT2D eigenvalue weighted by Crippen LogP contribution is 2.58. The lowest BCUT2D eigenvalue weighted by Crippen LogP contribution is -2.14. The molecule has 90 valence electrons. The Hall–Kier alpha value is -1.84. The van der Waals surface area contributed by atoms with Crippen LogP contribution in [0.5, 0.6) is 5.75 Å². The van der Waals surface area contributed by atoms with Gasteiger partial charge >= 0.3 is 11.9 Å². The summed E-state index contributed by atoms with van der Waals surface area (Å²) in [7, 11) is 0. The molecule has 1 aromatic rings. The fourth-order valence-electron chi connectivity index (χ4n) is 2.21. The summed E-state index contributed by atoms with van der Waals surface area (Å²) in [5, 5.41) is 8.97. The van der Waals surface area contributed by atoms with E-state index in [1.54, 1.807) is 38.1 Å². The van der Waals surface area contributed by atoms with Gasteiger partial charge in [0.1, 0.15) is 5.75 Å². The van der Waals surface area contributed by atoms with Gasteiger partial charge in [0.15, 0.2) is 0 Å². The minimum absolute atomic E-state index is 0.448. The Morgan fingerprint density at radius 2 is 1.76 bits per heavy atom. The van der Waals surface area contributed by atoms with Crippen molar-refractivity contribution in [3.8, 4) is 5.75 Å². The first-order chi connectivity index (χ1) is 7.94. The largest absolute Gasteiger partial charge is 0.481 e. The predicted octanol–water partition coefficient (Wildman–Crippen LogP) is 1.95. The molecule has 1 aliphatic carbocycles. The average molecular weight is 234 g/mol. The van der Waals surface area contributed by atoms with Gasteiger partial charge in [-0.1, -0.05) is 32.0 Å². The molecular formula is C13H14O4. The highest BCUT2D eigenvalue weighted by Gasteiger charge is 2.67. The molecule has 0 aliphatic heterocycles. The van der Waals surface area contributed by atoms with Crippen molar-refractivity contribution in [1.29, 1.82) is 0 Å². The molecule has 0 spiro atoms. The Bertz CT molecular complexity index is 450. The Labute approximate surface area is 99.2 Å². The first-order valence-corrected chi connectivity index (χ1v) is 5.44. The number of hydrogen-bond donors (Lipinski definition) is 1. The van der Waals surface area contributed by atoms with Gasteiger partial charge < -0.3 is 9.84 Å². The van der Waals surface area contributed by atoms with Crippen LogP contribution in [0.2, 0.25) is 0 Å². The van der Waals surface area contributed by atoms with Crippen molar-refractivity contribution in [3.63, 3.8) is 0 Å². The quantitative estimate of drug-likeness (QED) is 0.641. The number of carboxylic acid groups (broad SMARTS) is 1. The Morgan fingerprint density at radius 1 is 1.18 bits per heavy atom. The zero-order chi connectivity index (χ0) is 12.6. The highest BCUT2D eigenvalue weighted by molar-refractivity contribution is 5.89. The van der Waals surface area contributed by atoms with Crippen LogP contribution in [0.15, 0.2) is 30.3 Å². The number of carbonyl (C=O) groups excluding carboxylic acids is 1. The molecule has 4 heteroatoms. The summed E-state index contributed by atoms with van der Waals surface area (Å²) in [4.78, 5) is 22.8. The van der Waals surface area contributed by atoms with Crippen molar-refractivity contribution in [1.82, 2.24) is 0 Å². The summed E-state index contributed by atoms with van der Waals surface area (Å²) in [6.45, 7) is 3.53. The van der Waals surface area contributed by atoms with E-state index in [0.29, 0.717) is 5.75 Å². The standard InChI is InChI=1S/C13H14O4/c1-13(2)9(11(14)15)10(13)12(16)17-8-6-4-3-5-7-8/h3-7,9-10H,1-2H3,(H,14,15). The van der Waals surface area contributed by atoms with Crippen LogP contribution in [0, 0.1) is 17.3 Å². The van der Waals surface area contributed by atoms with Gasteiger partial charge in [0.2, 0.25) is 0 Å². The molecule has 2 atom stereocenters. The Kier molecular flexibility index (Phi) is 2.65. The normalized spacial score (nSPS) is 25.1. The molecule has 1 fully saturated rings. The van der Waals surface area contributed by atoms with Crippen LogP contribution in [0.3, 0.4) is 0 Å². The van der Waals surface area contributed by atoms with Gasteiger partial charge in [-0.3, -0.25) is 9.59 Å². The lowest BCUT2D eigenvalue weighted by atomic mass is 10.1. The van der Waals surface area contributed by atoms with E-state index in [2.05, 4.69) is 0 Å². The van der Waals surface area contributed by atoms with Gasteiger partial charge in [-0.05, 0) is 17.5 Å². The minimum Gasteiger partial charge on any atom is -0.481 e. The second-order valence-corrected chi connectivity index (χ2v) is 4.85. The van der Waals surface area contributed by atoms with Crippen LogP contribution >= 0.6 is 0 Å². The fraction of sp³-hybridized carbons (Fsp3) is 0.385. The van der Waals surface area contributed by atoms with Crippen molar-refractivity contribution in [2.24, 2.45) is 17.3 Å². The smallest absolute Gasteiger partial charge is 0.315 e. The van der Waals surface area contributed by atoms with Crippen molar-refractivity contribution < 1.29 is 19.4 Å². The number of ether oxygens (including phenoxy) is 1. The molecule has 0 bridgehead atoms. The number of aliphatic carboxylic acids is 1. The molecule has 1 aliphatic rings. The lowest BCUT2D eigenvalue weighted by Gasteiger charge is -2.04. The molecule has 2 rings (SSSR count). The van der Waals surface area contributed by atoms with Crippen molar-refractivity contribution in [3.05, 3.63) is 30.3 Å².